The minimum atomic E-state index is -0.156. The fourth-order valence-electron chi connectivity index (χ4n) is 6.45. The van der Waals surface area contributed by atoms with Gasteiger partial charge in [0.2, 0.25) is 0 Å². The second-order valence-corrected chi connectivity index (χ2v) is 8.67. The van der Waals surface area contributed by atoms with E-state index in [0.29, 0.717) is 10.8 Å². The van der Waals surface area contributed by atoms with Crippen LogP contribution < -0.4 is 0 Å². The van der Waals surface area contributed by atoms with Crippen LogP contribution in [-0.2, 0) is 0 Å². The molecular formula is C17H28O. The van der Waals surface area contributed by atoms with Crippen LogP contribution in [0.3, 0.4) is 0 Å². The minimum absolute atomic E-state index is 0.156. The zero-order chi connectivity index (χ0) is 13.2. The van der Waals surface area contributed by atoms with E-state index >= 15 is 0 Å². The number of hydrogen-bond acceptors (Lipinski definition) is 1. The zero-order valence-corrected chi connectivity index (χ0v) is 12.3. The molecule has 1 N–H and O–H groups in total. The number of rotatable bonds is 3. The third kappa shape index (κ3) is 1.86. The molecule has 0 aromatic heterocycles. The lowest BCUT2D eigenvalue weighted by molar-refractivity contribution is -0.184. The summed E-state index contributed by atoms with van der Waals surface area (Å²) in [6.45, 7) is 11.0. The van der Waals surface area contributed by atoms with E-state index in [1.54, 1.807) is 0 Å². The first-order chi connectivity index (χ1) is 8.24. The molecule has 0 heterocycles. The van der Waals surface area contributed by atoms with Gasteiger partial charge in [0.25, 0.3) is 0 Å². The predicted octanol–water partition coefficient (Wildman–Crippen LogP) is 4.31. The Bertz CT molecular complexity index is 365. The summed E-state index contributed by atoms with van der Waals surface area (Å²) in [4.78, 5) is 0. The van der Waals surface area contributed by atoms with Gasteiger partial charge >= 0.3 is 0 Å². The van der Waals surface area contributed by atoms with E-state index in [-0.39, 0.29) is 11.5 Å². The van der Waals surface area contributed by atoms with Crippen molar-refractivity contribution in [2.45, 2.75) is 71.8 Å². The van der Waals surface area contributed by atoms with Crippen molar-refractivity contribution in [2.75, 3.05) is 0 Å². The van der Waals surface area contributed by atoms with Gasteiger partial charge in [0.1, 0.15) is 0 Å². The van der Waals surface area contributed by atoms with Crippen molar-refractivity contribution in [3.8, 4) is 0 Å². The van der Waals surface area contributed by atoms with Crippen LogP contribution in [0.5, 0.6) is 0 Å². The molecule has 0 aromatic carbocycles. The summed E-state index contributed by atoms with van der Waals surface area (Å²) in [5.74, 6) is 0.871. The van der Waals surface area contributed by atoms with Gasteiger partial charge in [0, 0.05) is 0 Å². The fraction of sp³-hybridized carbons (Fsp3) is 0.882. The fourth-order valence-corrected chi connectivity index (χ4v) is 6.45. The summed E-state index contributed by atoms with van der Waals surface area (Å²) in [5, 5.41) is 10.8. The van der Waals surface area contributed by atoms with Crippen LogP contribution >= 0.6 is 0 Å². The number of aliphatic hydroxyl groups is 1. The van der Waals surface area contributed by atoms with E-state index in [4.69, 9.17) is 0 Å². The zero-order valence-electron chi connectivity index (χ0n) is 12.3. The standard InChI is InChI=1S/C17H28O/c1-12(2)5-14(18)17-8-13-6-15(3,10-17)9-16(4,7-13)11-17/h13-14,18H,1,5-11H2,2-4H3. The van der Waals surface area contributed by atoms with Crippen molar-refractivity contribution in [3.63, 3.8) is 0 Å². The maximum absolute atomic E-state index is 10.8. The molecule has 0 aromatic rings. The SMILES string of the molecule is C=C(C)CC(O)C12CC3CC(C)(CC(C)(C3)C1)C2. The Kier molecular flexibility index (Phi) is 2.56. The topological polar surface area (TPSA) is 20.2 Å². The third-order valence-electron chi connectivity index (χ3n) is 5.92. The summed E-state index contributed by atoms with van der Waals surface area (Å²) < 4.78 is 0. The van der Waals surface area contributed by atoms with E-state index in [1.165, 1.54) is 38.5 Å². The minimum Gasteiger partial charge on any atom is -0.392 e. The summed E-state index contributed by atoms with van der Waals surface area (Å²) >= 11 is 0. The average molecular weight is 248 g/mol. The first kappa shape index (κ1) is 12.7. The van der Waals surface area contributed by atoms with Gasteiger partial charge in [-0.3, -0.25) is 0 Å². The third-order valence-corrected chi connectivity index (χ3v) is 5.92. The molecule has 4 aliphatic rings. The van der Waals surface area contributed by atoms with Crippen molar-refractivity contribution in [1.29, 1.82) is 0 Å². The Hall–Kier alpha value is -0.300. The second-order valence-electron chi connectivity index (χ2n) is 8.67. The highest BCUT2D eigenvalue weighted by Gasteiger charge is 2.61. The number of aliphatic hydroxyl groups excluding tert-OH is 1. The molecule has 3 unspecified atom stereocenters. The van der Waals surface area contributed by atoms with Gasteiger partial charge in [-0.2, -0.15) is 0 Å². The summed E-state index contributed by atoms with van der Waals surface area (Å²) in [6.07, 6.45) is 8.62. The lowest BCUT2D eigenvalue weighted by Crippen LogP contribution is -2.58. The van der Waals surface area contributed by atoms with Gasteiger partial charge in [-0.15, -0.1) is 6.58 Å². The Morgan fingerprint density at radius 1 is 1.17 bits per heavy atom. The highest BCUT2D eigenvalue weighted by atomic mass is 16.3. The molecule has 4 saturated carbocycles. The van der Waals surface area contributed by atoms with Crippen molar-refractivity contribution in [2.24, 2.45) is 22.2 Å². The molecular weight excluding hydrogens is 220 g/mol. The first-order valence-corrected chi connectivity index (χ1v) is 7.57. The molecule has 4 bridgehead atoms. The van der Waals surface area contributed by atoms with E-state index in [2.05, 4.69) is 20.4 Å². The highest BCUT2D eigenvalue weighted by Crippen LogP contribution is 2.70. The molecule has 0 radical (unpaired) electrons. The van der Waals surface area contributed by atoms with Gasteiger partial charge < -0.3 is 5.11 Å². The molecule has 1 nitrogen and oxygen atoms in total. The summed E-state index contributed by atoms with van der Waals surface area (Å²) in [5.41, 5.74) is 2.35. The first-order valence-electron chi connectivity index (χ1n) is 7.57. The predicted molar refractivity (Wildman–Crippen MR) is 75.3 cm³/mol. The summed E-state index contributed by atoms with van der Waals surface area (Å²) in [7, 11) is 0. The average Bonchev–Trinajstić information content (AvgIpc) is 2.09. The van der Waals surface area contributed by atoms with Crippen LogP contribution in [-0.4, -0.2) is 11.2 Å². The van der Waals surface area contributed by atoms with Crippen LogP contribution in [0, 0.1) is 22.2 Å². The monoisotopic (exact) mass is 248 g/mol. The molecule has 0 saturated heterocycles. The van der Waals surface area contributed by atoms with Crippen LogP contribution in [0.25, 0.3) is 0 Å². The Morgan fingerprint density at radius 2 is 1.72 bits per heavy atom. The lowest BCUT2D eigenvalue weighted by Gasteiger charge is -2.66. The molecule has 0 spiro atoms. The van der Waals surface area contributed by atoms with Crippen molar-refractivity contribution >= 4 is 0 Å². The number of hydrogen-bond donors (Lipinski definition) is 1. The Labute approximate surface area is 112 Å². The van der Waals surface area contributed by atoms with Gasteiger partial charge in [0.15, 0.2) is 0 Å². The molecule has 1 heteroatoms. The quantitative estimate of drug-likeness (QED) is 0.738. The normalized spacial score (nSPS) is 51.4. The van der Waals surface area contributed by atoms with Crippen LogP contribution in [0.1, 0.15) is 65.7 Å². The molecule has 0 aliphatic heterocycles. The van der Waals surface area contributed by atoms with Gasteiger partial charge in [0.05, 0.1) is 6.10 Å². The van der Waals surface area contributed by atoms with E-state index < -0.39 is 0 Å². The van der Waals surface area contributed by atoms with E-state index in [1.807, 2.05) is 6.92 Å². The second kappa shape index (κ2) is 3.62. The molecule has 4 aliphatic carbocycles. The molecule has 102 valence electrons. The van der Waals surface area contributed by atoms with E-state index in [0.717, 1.165) is 17.9 Å². The van der Waals surface area contributed by atoms with Crippen LogP contribution in [0.2, 0.25) is 0 Å². The van der Waals surface area contributed by atoms with Crippen molar-refractivity contribution in [3.05, 3.63) is 12.2 Å². The van der Waals surface area contributed by atoms with Gasteiger partial charge in [-0.1, -0.05) is 19.4 Å². The maximum atomic E-state index is 10.8. The molecule has 3 atom stereocenters. The largest absolute Gasteiger partial charge is 0.392 e. The summed E-state index contributed by atoms with van der Waals surface area (Å²) in [6, 6.07) is 0. The Morgan fingerprint density at radius 3 is 2.17 bits per heavy atom. The maximum Gasteiger partial charge on any atom is 0.0633 e. The molecule has 18 heavy (non-hydrogen) atoms. The molecule has 0 amide bonds. The van der Waals surface area contributed by atoms with Gasteiger partial charge in [-0.25, -0.2) is 0 Å². The highest BCUT2D eigenvalue weighted by molar-refractivity contribution is 5.13. The van der Waals surface area contributed by atoms with Crippen LogP contribution in [0.15, 0.2) is 12.2 Å². The van der Waals surface area contributed by atoms with Crippen LogP contribution in [0.4, 0.5) is 0 Å². The molecule has 4 rings (SSSR count). The van der Waals surface area contributed by atoms with Crippen molar-refractivity contribution in [1.82, 2.24) is 0 Å². The van der Waals surface area contributed by atoms with E-state index in [9.17, 15) is 5.11 Å². The van der Waals surface area contributed by atoms with Gasteiger partial charge in [-0.05, 0) is 74.0 Å². The Balaban J connectivity index is 1.91. The lowest BCUT2D eigenvalue weighted by atomic mass is 9.39. The molecule has 4 fully saturated rings. The van der Waals surface area contributed by atoms with Crippen molar-refractivity contribution < 1.29 is 5.11 Å². The smallest absolute Gasteiger partial charge is 0.0633 e.